The van der Waals surface area contributed by atoms with Gasteiger partial charge in [-0.1, -0.05) is 57.2 Å². The minimum atomic E-state index is -0.850. The summed E-state index contributed by atoms with van der Waals surface area (Å²) >= 11 is 0. The lowest BCUT2D eigenvalue weighted by Crippen LogP contribution is -2.17. The van der Waals surface area contributed by atoms with Gasteiger partial charge in [0.2, 0.25) is 0 Å². The number of halogens is 1. The molecule has 0 aliphatic carbocycles. The number of hydrogen-bond acceptors (Lipinski definition) is 2. The van der Waals surface area contributed by atoms with E-state index in [-0.39, 0.29) is 12.4 Å². The molecule has 1 rings (SSSR count). The number of carboxylic acids is 1. The molecular weight excluding hydrogens is 274 g/mol. The molecule has 0 fully saturated rings. The molecule has 0 heterocycles. The van der Waals surface area contributed by atoms with E-state index in [0.29, 0.717) is 12.1 Å². The maximum absolute atomic E-state index is 11.0. The summed E-state index contributed by atoms with van der Waals surface area (Å²) in [5, 5.41) is 12.4. The smallest absolute Gasteiger partial charge is 0.336 e. The van der Waals surface area contributed by atoms with E-state index >= 15 is 0 Å². The molecular formula is C16H26ClNO2. The van der Waals surface area contributed by atoms with Crippen LogP contribution in [-0.2, 0) is 6.54 Å². The van der Waals surface area contributed by atoms with Gasteiger partial charge in [0.1, 0.15) is 0 Å². The van der Waals surface area contributed by atoms with Crippen LogP contribution >= 0.6 is 12.4 Å². The Morgan fingerprint density at radius 3 is 2.45 bits per heavy atom. The zero-order valence-corrected chi connectivity index (χ0v) is 13.0. The number of benzene rings is 1. The van der Waals surface area contributed by atoms with Crippen LogP contribution in [0.5, 0.6) is 0 Å². The average molecular weight is 300 g/mol. The molecule has 0 bridgehead atoms. The molecule has 114 valence electrons. The predicted octanol–water partition coefficient (Wildman–Crippen LogP) is 4.26. The summed E-state index contributed by atoms with van der Waals surface area (Å²) < 4.78 is 0. The largest absolute Gasteiger partial charge is 0.478 e. The van der Waals surface area contributed by atoms with Crippen molar-refractivity contribution in [1.29, 1.82) is 0 Å². The lowest BCUT2D eigenvalue weighted by atomic mass is 10.1. The molecule has 0 saturated carbocycles. The van der Waals surface area contributed by atoms with Crippen LogP contribution in [0, 0.1) is 0 Å². The number of rotatable bonds is 10. The van der Waals surface area contributed by atoms with Crippen LogP contribution in [0.15, 0.2) is 24.3 Å². The highest BCUT2D eigenvalue weighted by Crippen LogP contribution is 2.08. The molecule has 2 N–H and O–H groups in total. The van der Waals surface area contributed by atoms with Crippen LogP contribution in [0.2, 0.25) is 0 Å². The van der Waals surface area contributed by atoms with Crippen molar-refractivity contribution in [2.24, 2.45) is 0 Å². The highest BCUT2D eigenvalue weighted by molar-refractivity contribution is 5.89. The van der Waals surface area contributed by atoms with Crippen molar-refractivity contribution in [2.75, 3.05) is 6.54 Å². The molecule has 4 heteroatoms. The van der Waals surface area contributed by atoms with Gasteiger partial charge in [0.25, 0.3) is 0 Å². The van der Waals surface area contributed by atoms with E-state index in [9.17, 15) is 4.79 Å². The van der Waals surface area contributed by atoms with E-state index in [1.165, 1.54) is 38.5 Å². The van der Waals surface area contributed by atoms with Crippen LogP contribution in [0.25, 0.3) is 0 Å². The molecule has 1 aromatic carbocycles. The van der Waals surface area contributed by atoms with Crippen molar-refractivity contribution >= 4 is 18.4 Å². The second-order valence-corrected chi connectivity index (χ2v) is 4.91. The van der Waals surface area contributed by atoms with Crippen LogP contribution in [0.1, 0.15) is 61.4 Å². The number of nitrogens with one attached hydrogen (secondary N) is 1. The Labute approximate surface area is 128 Å². The molecule has 0 aliphatic rings. The number of carbonyl (C=O) groups is 1. The van der Waals surface area contributed by atoms with Gasteiger partial charge in [0, 0.05) is 6.54 Å². The summed E-state index contributed by atoms with van der Waals surface area (Å²) in [5.74, 6) is -0.850. The van der Waals surface area contributed by atoms with Gasteiger partial charge in [-0.05, 0) is 24.6 Å². The SMILES string of the molecule is CCCCCCCCNCc1ccccc1C(=O)O.Cl. The summed E-state index contributed by atoms with van der Waals surface area (Å²) in [4.78, 5) is 11.0. The Bertz CT molecular complexity index is 382. The van der Waals surface area contributed by atoms with Gasteiger partial charge >= 0.3 is 5.97 Å². The van der Waals surface area contributed by atoms with E-state index < -0.39 is 5.97 Å². The van der Waals surface area contributed by atoms with Crippen LogP contribution < -0.4 is 5.32 Å². The molecule has 0 amide bonds. The first-order valence-electron chi connectivity index (χ1n) is 7.27. The summed E-state index contributed by atoms with van der Waals surface area (Å²) in [6.07, 6.45) is 7.68. The summed E-state index contributed by atoms with van der Waals surface area (Å²) in [5.41, 5.74) is 1.26. The highest BCUT2D eigenvalue weighted by Gasteiger charge is 2.07. The molecule has 0 spiro atoms. The number of hydrogen-bond donors (Lipinski definition) is 2. The van der Waals surface area contributed by atoms with Crippen LogP contribution in [0.4, 0.5) is 0 Å². The summed E-state index contributed by atoms with van der Waals surface area (Å²) in [6.45, 7) is 3.82. The topological polar surface area (TPSA) is 49.3 Å². The standard InChI is InChI=1S/C16H25NO2.ClH/c1-2-3-4-5-6-9-12-17-13-14-10-7-8-11-15(14)16(18)19;/h7-8,10-11,17H,2-6,9,12-13H2,1H3,(H,18,19);1H. The van der Waals surface area contributed by atoms with E-state index in [4.69, 9.17) is 5.11 Å². The first kappa shape index (κ1) is 18.9. The van der Waals surface area contributed by atoms with E-state index in [0.717, 1.165) is 12.1 Å². The van der Waals surface area contributed by atoms with Crippen molar-refractivity contribution in [3.63, 3.8) is 0 Å². The predicted molar refractivity (Wildman–Crippen MR) is 85.7 cm³/mol. The fourth-order valence-electron chi connectivity index (χ4n) is 2.14. The zero-order chi connectivity index (χ0) is 13.9. The van der Waals surface area contributed by atoms with Gasteiger partial charge < -0.3 is 10.4 Å². The summed E-state index contributed by atoms with van der Waals surface area (Å²) in [6, 6.07) is 7.18. The van der Waals surface area contributed by atoms with E-state index in [2.05, 4.69) is 12.2 Å². The van der Waals surface area contributed by atoms with E-state index in [1.54, 1.807) is 12.1 Å². The number of aromatic carboxylic acids is 1. The molecule has 0 aliphatic heterocycles. The Morgan fingerprint density at radius 1 is 1.10 bits per heavy atom. The second kappa shape index (κ2) is 11.7. The van der Waals surface area contributed by atoms with Gasteiger partial charge in [-0.2, -0.15) is 0 Å². The van der Waals surface area contributed by atoms with E-state index in [1.807, 2.05) is 12.1 Å². The molecule has 0 saturated heterocycles. The molecule has 0 radical (unpaired) electrons. The lowest BCUT2D eigenvalue weighted by molar-refractivity contribution is 0.0695. The van der Waals surface area contributed by atoms with Crippen LogP contribution in [0.3, 0.4) is 0 Å². The Balaban J connectivity index is 0.00000361. The monoisotopic (exact) mass is 299 g/mol. The third kappa shape index (κ3) is 7.51. The molecule has 0 aromatic heterocycles. The van der Waals surface area contributed by atoms with Crippen molar-refractivity contribution < 1.29 is 9.90 Å². The molecule has 20 heavy (non-hydrogen) atoms. The second-order valence-electron chi connectivity index (χ2n) is 4.91. The average Bonchev–Trinajstić information content (AvgIpc) is 2.42. The first-order valence-corrected chi connectivity index (χ1v) is 7.27. The maximum Gasteiger partial charge on any atom is 0.336 e. The Hall–Kier alpha value is -1.06. The normalized spacial score (nSPS) is 10.1. The zero-order valence-electron chi connectivity index (χ0n) is 12.2. The fraction of sp³-hybridized carbons (Fsp3) is 0.562. The highest BCUT2D eigenvalue weighted by atomic mass is 35.5. The minimum Gasteiger partial charge on any atom is -0.478 e. The lowest BCUT2D eigenvalue weighted by Gasteiger charge is -2.07. The maximum atomic E-state index is 11.0. The molecule has 0 unspecified atom stereocenters. The van der Waals surface area contributed by atoms with Crippen molar-refractivity contribution in [3.8, 4) is 0 Å². The van der Waals surface area contributed by atoms with Crippen molar-refractivity contribution in [1.82, 2.24) is 5.32 Å². The van der Waals surface area contributed by atoms with Gasteiger partial charge in [-0.25, -0.2) is 4.79 Å². The van der Waals surface area contributed by atoms with Gasteiger partial charge in [0.15, 0.2) is 0 Å². The quantitative estimate of drug-likeness (QED) is 0.635. The third-order valence-electron chi connectivity index (χ3n) is 3.27. The molecule has 3 nitrogen and oxygen atoms in total. The molecule has 1 aromatic rings. The van der Waals surface area contributed by atoms with Crippen molar-refractivity contribution in [3.05, 3.63) is 35.4 Å². The van der Waals surface area contributed by atoms with Crippen LogP contribution in [-0.4, -0.2) is 17.6 Å². The Kier molecular flexibility index (Phi) is 11.1. The first-order chi connectivity index (χ1) is 9.25. The van der Waals surface area contributed by atoms with Gasteiger partial charge in [0.05, 0.1) is 5.56 Å². The van der Waals surface area contributed by atoms with Gasteiger partial charge in [-0.15, -0.1) is 12.4 Å². The third-order valence-corrected chi connectivity index (χ3v) is 3.27. The van der Waals surface area contributed by atoms with Gasteiger partial charge in [-0.3, -0.25) is 0 Å². The molecule has 0 atom stereocenters. The number of unbranched alkanes of at least 4 members (excludes halogenated alkanes) is 5. The fourth-order valence-corrected chi connectivity index (χ4v) is 2.14. The van der Waals surface area contributed by atoms with Crippen molar-refractivity contribution in [2.45, 2.75) is 52.0 Å². The summed E-state index contributed by atoms with van der Waals surface area (Å²) in [7, 11) is 0. The number of carboxylic acid groups (broad SMARTS) is 1. The Morgan fingerprint density at radius 2 is 1.75 bits per heavy atom. The minimum absolute atomic E-state index is 0.